The Morgan fingerprint density at radius 1 is 1.07 bits per heavy atom. The maximum atomic E-state index is 5.52. The second-order valence-corrected chi connectivity index (χ2v) is 4.08. The maximum absolute atomic E-state index is 5.52. The Morgan fingerprint density at radius 2 is 1.87 bits per heavy atom. The minimum absolute atomic E-state index is 0.582. The Kier molecular flexibility index (Phi) is 3.18. The predicted molar refractivity (Wildman–Crippen MR) is 64.6 cm³/mol. The average molecular weight is 213 g/mol. The molecule has 0 unspecified atom stereocenters. The van der Waals surface area contributed by atoms with E-state index in [0.717, 1.165) is 16.0 Å². The molecule has 1 aromatic heterocycles. The van der Waals surface area contributed by atoms with Gasteiger partial charge in [0.15, 0.2) is 0 Å². The first-order valence-corrected chi connectivity index (χ1v) is 5.61. The lowest BCUT2D eigenvalue weighted by molar-refractivity contribution is 1.07. The van der Waals surface area contributed by atoms with Crippen LogP contribution in [0, 0.1) is 11.8 Å². The van der Waals surface area contributed by atoms with E-state index in [1.54, 1.807) is 11.3 Å². The van der Waals surface area contributed by atoms with Crippen LogP contribution < -0.4 is 5.73 Å². The third-order valence-electron chi connectivity index (χ3n) is 2.04. The van der Waals surface area contributed by atoms with Gasteiger partial charge in [-0.2, -0.15) is 0 Å². The van der Waals surface area contributed by atoms with Crippen molar-refractivity contribution in [1.29, 1.82) is 0 Å². The number of hydrogen-bond acceptors (Lipinski definition) is 2. The molecule has 0 aliphatic heterocycles. The molecule has 0 bridgehead atoms. The predicted octanol–water partition coefficient (Wildman–Crippen LogP) is 2.61. The van der Waals surface area contributed by atoms with Crippen LogP contribution in [0.3, 0.4) is 0 Å². The van der Waals surface area contributed by atoms with E-state index in [0.29, 0.717) is 6.54 Å². The summed E-state index contributed by atoms with van der Waals surface area (Å²) < 4.78 is 0. The highest BCUT2D eigenvalue weighted by Gasteiger charge is 1.89. The van der Waals surface area contributed by atoms with Crippen LogP contribution in [0.4, 0.5) is 0 Å². The quantitative estimate of drug-likeness (QED) is 0.724. The zero-order valence-electron chi connectivity index (χ0n) is 8.23. The van der Waals surface area contributed by atoms with Gasteiger partial charge in [0.2, 0.25) is 0 Å². The summed E-state index contributed by atoms with van der Waals surface area (Å²) in [7, 11) is 0. The van der Waals surface area contributed by atoms with Crippen molar-refractivity contribution in [1.82, 2.24) is 0 Å². The van der Waals surface area contributed by atoms with Crippen LogP contribution >= 0.6 is 11.3 Å². The van der Waals surface area contributed by atoms with Gasteiger partial charge in [-0.25, -0.2) is 0 Å². The van der Waals surface area contributed by atoms with E-state index in [2.05, 4.69) is 11.8 Å². The summed E-state index contributed by atoms with van der Waals surface area (Å²) in [5.41, 5.74) is 7.68. The fourth-order valence-corrected chi connectivity index (χ4v) is 1.78. The molecule has 1 heterocycles. The summed E-state index contributed by atoms with van der Waals surface area (Å²) in [4.78, 5) is 1.10. The topological polar surface area (TPSA) is 26.0 Å². The number of hydrogen-bond donors (Lipinski definition) is 1. The van der Waals surface area contributed by atoms with Crippen molar-refractivity contribution in [3.05, 3.63) is 57.8 Å². The molecule has 0 aliphatic rings. The molecule has 0 saturated carbocycles. The van der Waals surface area contributed by atoms with Crippen molar-refractivity contribution in [2.75, 3.05) is 0 Å². The Labute approximate surface area is 93.6 Å². The summed E-state index contributed by atoms with van der Waals surface area (Å²) in [6, 6.07) is 12.1. The highest BCUT2D eigenvalue weighted by Crippen LogP contribution is 2.07. The minimum Gasteiger partial charge on any atom is -0.326 e. The average Bonchev–Trinajstić information content (AvgIpc) is 2.80. The second kappa shape index (κ2) is 4.79. The van der Waals surface area contributed by atoms with Crippen LogP contribution in [0.15, 0.2) is 41.8 Å². The van der Waals surface area contributed by atoms with Crippen molar-refractivity contribution in [3.8, 4) is 11.8 Å². The minimum atomic E-state index is 0.582. The molecule has 0 amide bonds. The van der Waals surface area contributed by atoms with E-state index in [1.807, 2.05) is 41.8 Å². The lowest BCUT2D eigenvalue weighted by Crippen LogP contribution is -1.95. The highest BCUT2D eigenvalue weighted by atomic mass is 32.1. The molecule has 74 valence electrons. The summed E-state index contributed by atoms with van der Waals surface area (Å²) in [6.07, 6.45) is 0. The Bertz CT molecular complexity index is 471. The molecule has 0 fully saturated rings. The molecule has 0 aliphatic carbocycles. The number of rotatable bonds is 1. The van der Waals surface area contributed by atoms with Crippen LogP contribution in [0.2, 0.25) is 0 Å². The molecule has 0 atom stereocenters. The van der Waals surface area contributed by atoms with Crippen LogP contribution in [0.5, 0.6) is 0 Å². The molecular weight excluding hydrogens is 202 g/mol. The van der Waals surface area contributed by atoms with Crippen molar-refractivity contribution >= 4 is 11.3 Å². The summed E-state index contributed by atoms with van der Waals surface area (Å²) in [6.45, 7) is 0.582. The van der Waals surface area contributed by atoms with Crippen LogP contribution in [0.25, 0.3) is 0 Å². The van der Waals surface area contributed by atoms with E-state index < -0.39 is 0 Å². The molecule has 2 N–H and O–H groups in total. The molecule has 2 aromatic rings. The molecule has 0 spiro atoms. The Hall–Kier alpha value is -1.56. The monoisotopic (exact) mass is 213 g/mol. The fourth-order valence-electron chi connectivity index (χ4n) is 1.21. The lowest BCUT2D eigenvalue weighted by Gasteiger charge is -1.94. The van der Waals surface area contributed by atoms with Gasteiger partial charge in [0, 0.05) is 12.1 Å². The van der Waals surface area contributed by atoms with Crippen LogP contribution in [-0.2, 0) is 6.54 Å². The van der Waals surface area contributed by atoms with E-state index >= 15 is 0 Å². The van der Waals surface area contributed by atoms with E-state index in [9.17, 15) is 0 Å². The maximum Gasteiger partial charge on any atom is 0.0772 e. The van der Waals surface area contributed by atoms with Gasteiger partial charge in [-0.1, -0.05) is 30.0 Å². The van der Waals surface area contributed by atoms with Crippen LogP contribution in [-0.4, -0.2) is 0 Å². The van der Waals surface area contributed by atoms with E-state index in [4.69, 9.17) is 5.73 Å². The largest absolute Gasteiger partial charge is 0.326 e. The molecule has 15 heavy (non-hydrogen) atoms. The molecule has 2 rings (SSSR count). The van der Waals surface area contributed by atoms with Gasteiger partial charge in [-0.3, -0.25) is 0 Å². The fraction of sp³-hybridized carbons (Fsp3) is 0.0769. The molecular formula is C13H11NS. The first-order chi connectivity index (χ1) is 7.38. The zero-order valence-corrected chi connectivity index (χ0v) is 9.05. The van der Waals surface area contributed by atoms with Crippen LogP contribution in [0.1, 0.15) is 16.0 Å². The van der Waals surface area contributed by atoms with Gasteiger partial charge < -0.3 is 5.73 Å². The molecule has 0 saturated heterocycles. The van der Waals surface area contributed by atoms with Crippen molar-refractivity contribution in [3.63, 3.8) is 0 Å². The van der Waals surface area contributed by atoms with Gasteiger partial charge in [-0.15, -0.1) is 11.3 Å². The molecule has 1 aromatic carbocycles. The summed E-state index contributed by atoms with van der Waals surface area (Å²) in [5, 5.41) is 2.03. The van der Waals surface area contributed by atoms with Crippen molar-refractivity contribution in [2.24, 2.45) is 5.73 Å². The zero-order chi connectivity index (χ0) is 10.5. The molecule has 1 nitrogen and oxygen atoms in total. The smallest absolute Gasteiger partial charge is 0.0772 e. The normalized spacial score (nSPS) is 9.40. The van der Waals surface area contributed by atoms with Gasteiger partial charge in [0.1, 0.15) is 0 Å². The number of thiophene rings is 1. The standard InChI is InChI=1S/C13H11NS/c14-10-12-5-3-11(4-6-12)7-8-13-2-1-9-15-13/h1-6,9H,10,14H2. The van der Waals surface area contributed by atoms with Gasteiger partial charge in [0.05, 0.1) is 4.88 Å². The van der Waals surface area contributed by atoms with Gasteiger partial charge in [0.25, 0.3) is 0 Å². The first kappa shape index (κ1) is 9.97. The second-order valence-electron chi connectivity index (χ2n) is 3.13. The Balaban J connectivity index is 2.17. The van der Waals surface area contributed by atoms with Crippen molar-refractivity contribution in [2.45, 2.75) is 6.54 Å². The van der Waals surface area contributed by atoms with Gasteiger partial charge >= 0.3 is 0 Å². The first-order valence-electron chi connectivity index (χ1n) is 4.73. The lowest BCUT2D eigenvalue weighted by atomic mass is 10.1. The molecule has 0 radical (unpaired) electrons. The third-order valence-corrected chi connectivity index (χ3v) is 2.83. The highest BCUT2D eigenvalue weighted by molar-refractivity contribution is 7.10. The SMILES string of the molecule is NCc1ccc(C#Cc2cccs2)cc1. The van der Waals surface area contributed by atoms with Gasteiger partial charge in [-0.05, 0) is 29.1 Å². The number of benzene rings is 1. The summed E-state index contributed by atoms with van der Waals surface area (Å²) >= 11 is 1.66. The Morgan fingerprint density at radius 3 is 2.47 bits per heavy atom. The third kappa shape index (κ3) is 2.69. The van der Waals surface area contributed by atoms with E-state index in [-0.39, 0.29) is 0 Å². The van der Waals surface area contributed by atoms with Crippen molar-refractivity contribution < 1.29 is 0 Å². The summed E-state index contributed by atoms with van der Waals surface area (Å²) in [5.74, 6) is 6.23. The number of nitrogens with two attached hydrogens (primary N) is 1. The van der Waals surface area contributed by atoms with E-state index in [1.165, 1.54) is 0 Å². The molecule has 2 heteroatoms.